The summed E-state index contributed by atoms with van der Waals surface area (Å²) in [4.78, 5) is 30.0. The van der Waals surface area contributed by atoms with Crippen molar-refractivity contribution in [3.05, 3.63) is 75.3 Å². The van der Waals surface area contributed by atoms with E-state index in [-0.39, 0.29) is 25.5 Å². The predicted molar refractivity (Wildman–Crippen MR) is 129 cm³/mol. The van der Waals surface area contributed by atoms with Gasteiger partial charge in [-0.2, -0.15) is 0 Å². The van der Waals surface area contributed by atoms with Crippen LogP contribution in [0.5, 0.6) is 11.5 Å². The fourth-order valence-corrected chi connectivity index (χ4v) is 4.11. The van der Waals surface area contributed by atoms with Gasteiger partial charge in [-0.25, -0.2) is 4.68 Å². The molecule has 1 N–H and O–H groups in total. The van der Waals surface area contributed by atoms with E-state index < -0.39 is 5.97 Å². The summed E-state index contributed by atoms with van der Waals surface area (Å²) in [5, 5.41) is 12.6. The number of carbonyl (C=O) groups excluding carboxylic acids is 1. The van der Waals surface area contributed by atoms with Crippen LogP contribution in [0, 0.1) is 6.92 Å². The van der Waals surface area contributed by atoms with Crippen LogP contribution < -0.4 is 15.0 Å². The van der Waals surface area contributed by atoms with Crippen LogP contribution in [0.1, 0.15) is 29.4 Å². The number of fused-ring (bicyclic) bond motifs is 2. The average molecular weight is 491 g/mol. The van der Waals surface area contributed by atoms with Gasteiger partial charge in [0.15, 0.2) is 17.3 Å². The fraction of sp³-hybridized carbons (Fsp3) is 0.320. The average Bonchev–Trinajstić information content (AvgIpc) is 3.48. The molecular formula is C25H26N6O5. The molecule has 11 nitrogen and oxygen atoms in total. The summed E-state index contributed by atoms with van der Waals surface area (Å²) in [6, 6.07) is 13.7. The number of ether oxygens (including phenoxy) is 3. The van der Waals surface area contributed by atoms with E-state index in [1.165, 1.54) is 4.68 Å². The van der Waals surface area contributed by atoms with Gasteiger partial charge in [-0.3, -0.25) is 14.5 Å². The fourth-order valence-electron chi connectivity index (χ4n) is 4.11. The number of aromatic nitrogens is 5. The lowest BCUT2D eigenvalue weighted by atomic mass is 10.1. The summed E-state index contributed by atoms with van der Waals surface area (Å²) in [6.07, 6.45) is 0. The Labute approximate surface area is 206 Å². The number of nitrogens with zero attached hydrogens (tertiary/aromatic N) is 5. The smallest absolute Gasteiger partial charge is 0.327 e. The number of H-pyrrole nitrogens is 1. The van der Waals surface area contributed by atoms with Gasteiger partial charge < -0.3 is 19.2 Å². The highest BCUT2D eigenvalue weighted by molar-refractivity contribution is 5.83. The van der Waals surface area contributed by atoms with E-state index in [9.17, 15) is 9.59 Å². The monoisotopic (exact) mass is 490 g/mol. The van der Waals surface area contributed by atoms with E-state index in [0.29, 0.717) is 48.0 Å². The summed E-state index contributed by atoms with van der Waals surface area (Å²) in [5.74, 6) is 1.34. The van der Waals surface area contributed by atoms with Crippen LogP contribution in [0.2, 0.25) is 0 Å². The molecule has 0 amide bonds. The van der Waals surface area contributed by atoms with Gasteiger partial charge in [-0.15, -0.1) is 5.10 Å². The molecule has 186 valence electrons. The highest BCUT2D eigenvalue weighted by Gasteiger charge is 2.19. The molecule has 0 unspecified atom stereocenters. The van der Waals surface area contributed by atoms with E-state index >= 15 is 0 Å². The zero-order valence-corrected chi connectivity index (χ0v) is 20.1. The Kier molecular flexibility index (Phi) is 6.63. The topological polar surface area (TPSA) is 124 Å². The summed E-state index contributed by atoms with van der Waals surface area (Å²) in [6.45, 7) is 5.33. The van der Waals surface area contributed by atoms with Gasteiger partial charge in [0, 0.05) is 30.1 Å². The molecule has 2 aromatic carbocycles. The van der Waals surface area contributed by atoms with Crippen molar-refractivity contribution in [1.82, 2.24) is 30.1 Å². The van der Waals surface area contributed by atoms with Gasteiger partial charge in [0.2, 0.25) is 6.79 Å². The second-order valence-corrected chi connectivity index (χ2v) is 8.60. The molecule has 0 radical (unpaired) electrons. The molecule has 3 heterocycles. The number of rotatable bonds is 9. The van der Waals surface area contributed by atoms with E-state index in [0.717, 1.165) is 16.5 Å². The van der Waals surface area contributed by atoms with Crippen molar-refractivity contribution >= 4 is 16.9 Å². The molecule has 1 aliphatic heterocycles. The molecule has 0 saturated carbocycles. The van der Waals surface area contributed by atoms with Crippen LogP contribution in [-0.4, -0.2) is 49.5 Å². The minimum atomic E-state index is -0.416. The maximum atomic E-state index is 13.0. The number of hydrogen-bond acceptors (Lipinski definition) is 9. The van der Waals surface area contributed by atoms with E-state index in [1.807, 2.05) is 31.2 Å². The van der Waals surface area contributed by atoms with E-state index in [1.54, 1.807) is 13.0 Å². The summed E-state index contributed by atoms with van der Waals surface area (Å²) < 4.78 is 17.4. The molecule has 1 aliphatic rings. The molecule has 0 fully saturated rings. The van der Waals surface area contributed by atoms with Gasteiger partial charge in [0.05, 0.1) is 18.7 Å². The zero-order chi connectivity index (χ0) is 25.1. The summed E-state index contributed by atoms with van der Waals surface area (Å²) >= 11 is 0. The maximum absolute atomic E-state index is 13.0. The number of benzene rings is 2. The molecular weight excluding hydrogens is 464 g/mol. The number of aromatic amines is 1. The van der Waals surface area contributed by atoms with Crippen LogP contribution >= 0.6 is 0 Å². The Balaban J connectivity index is 1.44. The summed E-state index contributed by atoms with van der Waals surface area (Å²) in [5.41, 5.74) is 3.30. The number of aryl methyl sites for hydroxylation is 1. The van der Waals surface area contributed by atoms with Crippen LogP contribution in [-0.2, 0) is 35.7 Å². The Morgan fingerprint density at radius 1 is 1.11 bits per heavy atom. The van der Waals surface area contributed by atoms with Crippen molar-refractivity contribution in [3.8, 4) is 11.5 Å². The third kappa shape index (κ3) is 5.20. The minimum absolute atomic E-state index is 0.0850. The molecule has 36 heavy (non-hydrogen) atoms. The van der Waals surface area contributed by atoms with E-state index in [4.69, 9.17) is 14.2 Å². The third-order valence-electron chi connectivity index (χ3n) is 5.89. The molecule has 4 aromatic rings. The molecule has 2 aromatic heterocycles. The minimum Gasteiger partial charge on any atom is -0.465 e. The first-order valence-electron chi connectivity index (χ1n) is 11.6. The number of nitrogens with one attached hydrogen (secondary N) is 1. The van der Waals surface area contributed by atoms with Gasteiger partial charge >= 0.3 is 5.97 Å². The van der Waals surface area contributed by atoms with Crippen molar-refractivity contribution in [1.29, 1.82) is 0 Å². The molecule has 0 bridgehead atoms. The quantitative estimate of drug-likeness (QED) is 0.352. The summed E-state index contributed by atoms with van der Waals surface area (Å²) in [7, 11) is 0. The number of carbonyl (C=O) groups is 1. The Bertz CT molecular complexity index is 1450. The predicted octanol–water partition coefficient (Wildman–Crippen LogP) is 2.32. The Morgan fingerprint density at radius 2 is 1.89 bits per heavy atom. The molecule has 5 rings (SSSR count). The molecule has 0 atom stereocenters. The van der Waals surface area contributed by atoms with Gasteiger partial charge in [-0.05, 0) is 42.0 Å². The number of tetrazole rings is 1. The first kappa shape index (κ1) is 23.5. The van der Waals surface area contributed by atoms with Crippen LogP contribution in [0.25, 0.3) is 10.9 Å². The molecule has 0 spiro atoms. The lowest BCUT2D eigenvalue weighted by Gasteiger charge is -2.22. The number of esters is 1. The van der Waals surface area contributed by atoms with Crippen LogP contribution in [0.15, 0.2) is 47.3 Å². The van der Waals surface area contributed by atoms with Crippen LogP contribution in [0.3, 0.4) is 0 Å². The largest absolute Gasteiger partial charge is 0.465 e. The lowest BCUT2D eigenvalue weighted by molar-refractivity contribution is -0.144. The second-order valence-electron chi connectivity index (χ2n) is 8.60. The molecule has 11 heteroatoms. The SMILES string of the molecule is CCOC(=O)Cn1nnnc1CN(Cc1ccc(C)cc1)Cc1cc2cc3c(cc2[nH]c1=O)OCO3. The van der Waals surface area contributed by atoms with Crippen molar-refractivity contribution in [2.45, 2.75) is 40.0 Å². The van der Waals surface area contributed by atoms with E-state index in [2.05, 4.69) is 37.5 Å². The van der Waals surface area contributed by atoms with Crippen molar-refractivity contribution in [2.24, 2.45) is 0 Å². The van der Waals surface area contributed by atoms with Gasteiger partial charge in [0.25, 0.3) is 5.56 Å². The van der Waals surface area contributed by atoms with Gasteiger partial charge in [0.1, 0.15) is 6.54 Å². The maximum Gasteiger partial charge on any atom is 0.327 e. The Hall–Kier alpha value is -4.25. The first-order valence-corrected chi connectivity index (χ1v) is 11.6. The van der Waals surface area contributed by atoms with Crippen molar-refractivity contribution in [3.63, 3.8) is 0 Å². The lowest BCUT2D eigenvalue weighted by Crippen LogP contribution is -2.28. The number of pyridine rings is 1. The third-order valence-corrected chi connectivity index (χ3v) is 5.89. The first-order chi connectivity index (χ1) is 17.5. The zero-order valence-electron chi connectivity index (χ0n) is 20.1. The second kappa shape index (κ2) is 10.2. The number of hydrogen-bond donors (Lipinski definition) is 1. The molecule has 0 saturated heterocycles. The standard InChI is InChI=1S/C25H26N6O5/c1-3-34-24(32)14-31-23(27-28-29-31)13-30(11-17-6-4-16(2)5-7-17)12-19-8-18-9-21-22(36-15-35-21)10-20(18)26-25(19)33/h4-10H,3,11-15H2,1-2H3,(H,26,33). The Morgan fingerprint density at radius 3 is 2.67 bits per heavy atom. The highest BCUT2D eigenvalue weighted by atomic mass is 16.7. The normalized spacial score (nSPS) is 12.4. The van der Waals surface area contributed by atoms with Gasteiger partial charge in [-0.1, -0.05) is 29.8 Å². The van der Waals surface area contributed by atoms with Crippen LogP contribution in [0.4, 0.5) is 0 Å². The van der Waals surface area contributed by atoms with Crippen molar-refractivity contribution in [2.75, 3.05) is 13.4 Å². The molecule has 0 aliphatic carbocycles. The highest BCUT2D eigenvalue weighted by Crippen LogP contribution is 2.35. The van der Waals surface area contributed by atoms with Crippen molar-refractivity contribution < 1.29 is 19.0 Å².